The highest BCUT2D eigenvalue weighted by Crippen LogP contribution is 2.48. The zero-order valence-electron chi connectivity index (χ0n) is 13.2. The quantitative estimate of drug-likeness (QED) is 0.732. The third-order valence-corrected chi connectivity index (χ3v) is 4.72. The summed E-state index contributed by atoms with van der Waals surface area (Å²) in [7, 11) is 1.80. The van der Waals surface area contributed by atoms with Crippen LogP contribution in [0.1, 0.15) is 56.7 Å². The van der Waals surface area contributed by atoms with E-state index in [-0.39, 0.29) is 0 Å². The average molecular weight is 275 g/mol. The van der Waals surface area contributed by atoms with Crippen molar-refractivity contribution < 1.29 is 4.74 Å². The fraction of sp³-hybridized carbons (Fsp3) is 0.667. The summed E-state index contributed by atoms with van der Waals surface area (Å²) in [6, 6.07) is 9.58. The molecule has 2 rings (SSSR count). The molecule has 1 fully saturated rings. The van der Waals surface area contributed by atoms with Gasteiger partial charge in [-0.3, -0.25) is 0 Å². The molecule has 0 bridgehead atoms. The minimum atomic E-state index is 0.487. The molecule has 0 aliphatic heterocycles. The van der Waals surface area contributed by atoms with Crippen molar-refractivity contribution in [2.45, 2.75) is 52.0 Å². The van der Waals surface area contributed by atoms with Crippen LogP contribution in [-0.4, -0.2) is 20.3 Å². The molecular weight excluding hydrogens is 246 g/mol. The first kappa shape index (κ1) is 15.5. The molecule has 0 spiro atoms. The average Bonchev–Trinajstić information content (AvgIpc) is 3.27. The standard InChI is InChI=1S/C18H29NO/c1-4-15-6-8-16(9-7-15)17(5-2)19-14-18(10-11-18)12-13-20-3/h6-9,17,19H,4-5,10-14H2,1-3H3. The zero-order valence-corrected chi connectivity index (χ0v) is 13.2. The lowest BCUT2D eigenvalue weighted by molar-refractivity contribution is 0.170. The molecule has 0 amide bonds. The smallest absolute Gasteiger partial charge is 0.0468 e. The van der Waals surface area contributed by atoms with Gasteiger partial charge in [-0.05, 0) is 48.6 Å². The number of hydrogen-bond acceptors (Lipinski definition) is 2. The van der Waals surface area contributed by atoms with E-state index in [2.05, 4.69) is 43.4 Å². The first-order chi connectivity index (χ1) is 9.73. The molecule has 0 aromatic heterocycles. The topological polar surface area (TPSA) is 21.3 Å². The molecule has 2 nitrogen and oxygen atoms in total. The van der Waals surface area contributed by atoms with Gasteiger partial charge in [0.25, 0.3) is 0 Å². The van der Waals surface area contributed by atoms with Crippen LogP contribution in [0, 0.1) is 5.41 Å². The van der Waals surface area contributed by atoms with Crippen LogP contribution in [0.3, 0.4) is 0 Å². The third-order valence-electron chi connectivity index (χ3n) is 4.72. The number of nitrogens with one attached hydrogen (secondary N) is 1. The van der Waals surface area contributed by atoms with Crippen LogP contribution in [0.4, 0.5) is 0 Å². The summed E-state index contributed by atoms with van der Waals surface area (Å²) in [5.41, 5.74) is 3.36. The number of hydrogen-bond donors (Lipinski definition) is 1. The Morgan fingerprint density at radius 3 is 2.40 bits per heavy atom. The summed E-state index contributed by atoms with van der Waals surface area (Å²) in [6.45, 7) is 6.49. The van der Waals surface area contributed by atoms with Gasteiger partial charge in [0, 0.05) is 26.3 Å². The van der Waals surface area contributed by atoms with Crippen LogP contribution in [0.25, 0.3) is 0 Å². The molecule has 1 unspecified atom stereocenters. The van der Waals surface area contributed by atoms with Crippen LogP contribution in [-0.2, 0) is 11.2 Å². The second-order valence-corrected chi connectivity index (χ2v) is 6.18. The number of ether oxygens (including phenoxy) is 1. The maximum atomic E-state index is 5.23. The van der Waals surface area contributed by atoms with Gasteiger partial charge in [-0.25, -0.2) is 0 Å². The predicted molar refractivity (Wildman–Crippen MR) is 85.0 cm³/mol. The van der Waals surface area contributed by atoms with E-state index >= 15 is 0 Å². The molecule has 0 saturated heterocycles. The van der Waals surface area contributed by atoms with Crippen molar-refractivity contribution in [3.05, 3.63) is 35.4 Å². The molecule has 112 valence electrons. The molecule has 0 heterocycles. The number of benzene rings is 1. The molecule has 1 saturated carbocycles. The Morgan fingerprint density at radius 2 is 1.90 bits per heavy atom. The van der Waals surface area contributed by atoms with E-state index in [0.29, 0.717) is 11.5 Å². The van der Waals surface area contributed by atoms with Crippen molar-refractivity contribution in [3.8, 4) is 0 Å². The minimum Gasteiger partial charge on any atom is -0.385 e. The Kier molecular flexibility index (Phi) is 5.62. The van der Waals surface area contributed by atoms with Crippen molar-refractivity contribution in [2.75, 3.05) is 20.3 Å². The molecule has 1 aliphatic carbocycles. The van der Waals surface area contributed by atoms with E-state index in [0.717, 1.165) is 26.0 Å². The molecule has 1 aliphatic rings. The Balaban J connectivity index is 1.88. The van der Waals surface area contributed by atoms with Gasteiger partial charge < -0.3 is 10.1 Å². The van der Waals surface area contributed by atoms with Gasteiger partial charge in [-0.2, -0.15) is 0 Å². The minimum absolute atomic E-state index is 0.487. The predicted octanol–water partition coefficient (Wildman–Crippen LogP) is 4.11. The summed E-state index contributed by atoms with van der Waals surface area (Å²) in [5.74, 6) is 0. The van der Waals surface area contributed by atoms with Crippen LogP contribution >= 0.6 is 0 Å². The van der Waals surface area contributed by atoms with Crippen LogP contribution < -0.4 is 5.32 Å². The van der Waals surface area contributed by atoms with Crippen molar-refractivity contribution in [2.24, 2.45) is 5.41 Å². The van der Waals surface area contributed by atoms with Crippen molar-refractivity contribution in [1.82, 2.24) is 5.32 Å². The third kappa shape index (κ3) is 4.07. The van der Waals surface area contributed by atoms with E-state index in [1.807, 2.05) is 0 Å². The lowest BCUT2D eigenvalue weighted by Gasteiger charge is -2.22. The largest absolute Gasteiger partial charge is 0.385 e. The fourth-order valence-corrected chi connectivity index (χ4v) is 2.83. The first-order valence-corrected chi connectivity index (χ1v) is 8.04. The number of methoxy groups -OCH3 is 1. The number of rotatable bonds is 9. The van der Waals surface area contributed by atoms with Gasteiger partial charge in [-0.15, -0.1) is 0 Å². The van der Waals surface area contributed by atoms with E-state index in [1.165, 1.54) is 30.4 Å². The van der Waals surface area contributed by atoms with Gasteiger partial charge in [0.1, 0.15) is 0 Å². The summed E-state index contributed by atoms with van der Waals surface area (Å²) in [4.78, 5) is 0. The van der Waals surface area contributed by atoms with Crippen LogP contribution in [0.5, 0.6) is 0 Å². The van der Waals surface area contributed by atoms with E-state index in [9.17, 15) is 0 Å². The van der Waals surface area contributed by atoms with Crippen LogP contribution in [0.2, 0.25) is 0 Å². The highest BCUT2D eigenvalue weighted by Gasteiger charge is 2.41. The Bertz CT molecular complexity index is 394. The molecule has 0 radical (unpaired) electrons. The van der Waals surface area contributed by atoms with Crippen molar-refractivity contribution in [3.63, 3.8) is 0 Å². The maximum Gasteiger partial charge on any atom is 0.0468 e. The first-order valence-electron chi connectivity index (χ1n) is 8.04. The van der Waals surface area contributed by atoms with Gasteiger partial charge in [0.2, 0.25) is 0 Å². The monoisotopic (exact) mass is 275 g/mol. The Labute approximate surface area is 123 Å². The zero-order chi connectivity index (χ0) is 14.4. The summed E-state index contributed by atoms with van der Waals surface area (Å²) in [5, 5.41) is 3.78. The lowest BCUT2D eigenvalue weighted by Crippen LogP contribution is -2.28. The normalized spacial score (nSPS) is 17.9. The van der Waals surface area contributed by atoms with Gasteiger partial charge in [0.05, 0.1) is 0 Å². The van der Waals surface area contributed by atoms with Crippen molar-refractivity contribution in [1.29, 1.82) is 0 Å². The Morgan fingerprint density at radius 1 is 1.20 bits per heavy atom. The molecule has 20 heavy (non-hydrogen) atoms. The molecule has 1 atom stereocenters. The summed E-state index contributed by atoms with van der Waals surface area (Å²) in [6.07, 6.45) is 6.17. The van der Waals surface area contributed by atoms with Crippen LogP contribution in [0.15, 0.2) is 24.3 Å². The number of aryl methyl sites for hydroxylation is 1. The summed E-state index contributed by atoms with van der Waals surface area (Å²) < 4.78 is 5.23. The second kappa shape index (κ2) is 7.24. The lowest BCUT2D eigenvalue weighted by atomic mass is 9.99. The Hall–Kier alpha value is -0.860. The SMILES string of the molecule is CCc1ccc(C(CC)NCC2(CCOC)CC2)cc1. The molecule has 1 aromatic carbocycles. The van der Waals surface area contributed by atoms with E-state index < -0.39 is 0 Å². The fourth-order valence-electron chi connectivity index (χ4n) is 2.83. The van der Waals surface area contributed by atoms with E-state index in [4.69, 9.17) is 4.74 Å². The second-order valence-electron chi connectivity index (χ2n) is 6.18. The van der Waals surface area contributed by atoms with Crippen molar-refractivity contribution >= 4 is 0 Å². The maximum absolute atomic E-state index is 5.23. The molecular formula is C18H29NO. The molecule has 1 N–H and O–H groups in total. The van der Waals surface area contributed by atoms with Gasteiger partial charge >= 0.3 is 0 Å². The highest BCUT2D eigenvalue weighted by molar-refractivity contribution is 5.25. The van der Waals surface area contributed by atoms with Gasteiger partial charge in [0.15, 0.2) is 0 Å². The highest BCUT2D eigenvalue weighted by atomic mass is 16.5. The molecule has 1 aromatic rings. The molecule has 2 heteroatoms. The summed E-state index contributed by atoms with van der Waals surface area (Å²) >= 11 is 0. The van der Waals surface area contributed by atoms with E-state index in [1.54, 1.807) is 7.11 Å². The van der Waals surface area contributed by atoms with Gasteiger partial charge in [-0.1, -0.05) is 38.1 Å².